The van der Waals surface area contributed by atoms with Gasteiger partial charge in [-0.25, -0.2) is 0 Å². The maximum Gasteiger partial charge on any atom is 0.326 e. The third-order valence-electron chi connectivity index (χ3n) is 2.17. The summed E-state index contributed by atoms with van der Waals surface area (Å²) in [7, 11) is 1.76. The topological polar surface area (TPSA) is 85.0 Å². The molecule has 1 rings (SSSR count). The van der Waals surface area contributed by atoms with Gasteiger partial charge in [0.25, 0.3) is 0 Å². The molecule has 0 radical (unpaired) electrons. The Morgan fingerprint density at radius 2 is 2.33 bits per heavy atom. The van der Waals surface area contributed by atoms with Crippen LogP contribution in [0.15, 0.2) is 4.99 Å². The maximum absolute atomic E-state index is 11.5. The van der Waals surface area contributed by atoms with Crippen molar-refractivity contribution in [2.75, 3.05) is 26.7 Å². The average Bonchev–Trinajstić information content (AvgIpc) is 2.52. The smallest absolute Gasteiger partial charge is 0.326 e. The molecule has 1 aliphatic heterocycles. The molecule has 1 aliphatic rings. The number of amidine groups is 1. The minimum atomic E-state index is -1.07. The van der Waals surface area contributed by atoms with Crippen molar-refractivity contribution in [3.63, 3.8) is 0 Å². The first-order valence-electron chi connectivity index (χ1n) is 4.79. The van der Waals surface area contributed by atoms with Crippen molar-refractivity contribution in [3.8, 4) is 0 Å². The predicted octanol–water partition coefficient (Wildman–Crippen LogP) is -1.01. The van der Waals surface area contributed by atoms with Gasteiger partial charge in [0.05, 0.1) is 13.2 Å². The molecule has 0 aromatic carbocycles. The van der Waals surface area contributed by atoms with Gasteiger partial charge in [-0.15, -0.1) is 0 Å². The first-order chi connectivity index (χ1) is 7.07. The molecule has 1 unspecified atom stereocenters. The van der Waals surface area contributed by atoms with E-state index in [0.717, 1.165) is 0 Å². The SMILES string of the molecule is CCOC(=O)C(C(N)=O)C1=NCCN1C. The van der Waals surface area contributed by atoms with Crippen molar-refractivity contribution >= 4 is 17.7 Å². The molecule has 6 nitrogen and oxygen atoms in total. The molecule has 0 saturated carbocycles. The number of amides is 1. The van der Waals surface area contributed by atoms with Crippen molar-refractivity contribution in [1.29, 1.82) is 0 Å². The monoisotopic (exact) mass is 213 g/mol. The normalized spacial score (nSPS) is 17.2. The van der Waals surface area contributed by atoms with E-state index in [0.29, 0.717) is 18.9 Å². The van der Waals surface area contributed by atoms with Crippen LogP contribution in [0.4, 0.5) is 0 Å². The molecular formula is C9H15N3O3. The standard InChI is InChI=1S/C9H15N3O3/c1-3-15-9(14)6(7(10)13)8-11-4-5-12(8)2/h6H,3-5H2,1-2H3,(H2,10,13). The number of hydrogen-bond acceptors (Lipinski definition) is 5. The zero-order chi connectivity index (χ0) is 11.4. The van der Waals surface area contributed by atoms with Crippen LogP contribution >= 0.6 is 0 Å². The molecule has 0 fully saturated rings. The van der Waals surface area contributed by atoms with Crippen LogP contribution in [-0.4, -0.2) is 49.4 Å². The van der Waals surface area contributed by atoms with E-state index >= 15 is 0 Å². The fourth-order valence-electron chi connectivity index (χ4n) is 1.44. The van der Waals surface area contributed by atoms with Crippen molar-refractivity contribution in [2.24, 2.45) is 16.6 Å². The summed E-state index contributed by atoms with van der Waals surface area (Å²) in [5.41, 5.74) is 5.16. The van der Waals surface area contributed by atoms with Gasteiger partial charge in [-0.05, 0) is 6.92 Å². The van der Waals surface area contributed by atoms with Crippen LogP contribution in [0.2, 0.25) is 0 Å². The summed E-state index contributed by atoms with van der Waals surface area (Å²) in [6.07, 6.45) is 0. The largest absolute Gasteiger partial charge is 0.465 e. The van der Waals surface area contributed by atoms with Crippen LogP contribution in [0.25, 0.3) is 0 Å². The number of carbonyl (C=O) groups is 2. The number of esters is 1. The van der Waals surface area contributed by atoms with Crippen molar-refractivity contribution in [1.82, 2.24) is 4.90 Å². The maximum atomic E-state index is 11.5. The first-order valence-corrected chi connectivity index (χ1v) is 4.79. The van der Waals surface area contributed by atoms with Gasteiger partial charge in [0.15, 0.2) is 5.92 Å². The predicted molar refractivity (Wildman–Crippen MR) is 54.2 cm³/mol. The lowest BCUT2D eigenvalue weighted by molar-refractivity contribution is -0.148. The van der Waals surface area contributed by atoms with E-state index in [-0.39, 0.29) is 6.61 Å². The molecule has 1 atom stereocenters. The molecule has 0 aromatic rings. The van der Waals surface area contributed by atoms with Gasteiger partial charge in [0, 0.05) is 13.6 Å². The Labute approximate surface area is 88.1 Å². The van der Waals surface area contributed by atoms with Crippen molar-refractivity contribution in [3.05, 3.63) is 0 Å². The number of carbonyl (C=O) groups excluding carboxylic acids is 2. The highest BCUT2D eigenvalue weighted by Gasteiger charge is 2.35. The number of likely N-dealkylation sites (N-methyl/N-ethyl adjacent to an activating group) is 1. The van der Waals surface area contributed by atoms with E-state index in [2.05, 4.69) is 4.99 Å². The van der Waals surface area contributed by atoms with Crippen LogP contribution in [0.3, 0.4) is 0 Å². The molecule has 15 heavy (non-hydrogen) atoms. The summed E-state index contributed by atoms with van der Waals surface area (Å²) in [5.74, 6) is -2.02. The fraction of sp³-hybridized carbons (Fsp3) is 0.667. The highest BCUT2D eigenvalue weighted by molar-refractivity contribution is 6.17. The third-order valence-corrected chi connectivity index (χ3v) is 2.17. The van der Waals surface area contributed by atoms with Gasteiger partial charge >= 0.3 is 5.97 Å². The van der Waals surface area contributed by atoms with Gasteiger partial charge in [-0.1, -0.05) is 0 Å². The highest BCUT2D eigenvalue weighted by Crippen LogP contribution is 2.10. The summed E-state index contributed by atoms with van der Waals surface area (Å²) in [5, 5.41) is 0. The molecule has 0 spiro atoms. The summed E-state index contributed by atoms with van der Waals surface area (Å²) >= 11 is 0. The molecule has 0 aromatic heterocycles. The summed E-state index contributed by atoms with van der Waals surface area (Å²) in [6, 6.07) is 0. The lowest BCUT2D eigenvalue weighted by atomic mass is 10.1. The Balaban J connectivity index is 2.83. The lowest BCUT2D eigenvalue weighted by Gasteiger charge is -2.19. The second-order valence-electron chi connectivity index (χ2n) is 3.25. The first kappa shape index (κ1) is 11.5. The number of nitrogens with zero attached hydrogens (tertiary/aromatic N) is 2. The number of aliphatic imine (C=N–C) groups is 1. The Kier molecular flexibility index (Phi) is 3.65. The molecule has 0 aliphatic carbocycles. The van der Waals surface area contributed by atoms with Crippen LogP contribution in [0.1, 0.15) is 6.92 Å². The lowest BCUT2D eigenvalue weighted by Crippen LogP contribution is -2.43. The molecule has 6 heteroatoms. The average molecular weight is 213 g/mol. The Hall–Kier alpha value is -1.59. The molecular weight excluding hydrogens is 198 g/mol. The molecule has 84 valence electrons. The van der Waals surface area contributed by atoms with E-state index in [9.17, 15) is 9.59 Å². The van der Waals surface area contributed by atoms with E-state index in [4.69, 9.17) is 10.5 Å². The second-order valence-corrected chi connectivity index (χ2v) is 3.25. The second kappa shape index (κ2) is 4.77. The van der Waals surface area contributed by atoms with Gasteiger partial charge in [-0.2, -0.15) is 0 Å². The van der Waals surface area contributed by atoms with E-state index in [1.807, 2.05) is 0 Å². The van der Waals surface area contributed by atoms with Crippen LogP contribution < -0.4 is 5.73 Å². The number of rotatable bonds is 4. The van der Waals surface area contributed by atoms with E-state index < -0.39 is 17.8 Å². The minimum absolute atomic E-state index is 0.222. The minimum Gasteiger partial charge on any atom is -0.465 e. The van der Waals surface area contributed by atoms with Crippen LogP contribution in [-0.2, 0) is 14.3 Å². The number of ether oxygens (including phenoxy) is 1. The summed E-state index contributed by atoms with van der Waals surface area (Å²) in [4.78, 5) is 28.5. The molecule has 1 heterocycles. The van der Waals surface area contributed by atoms with E-state index in [1.54, 1.807) is 18.9 Å². The van der Waals surface area contributed by atoms with Gasteiger partial charge in [0.2, 0.25) is 5.91 Å². The van der Waals surface area contributed by atoms with Crippen LogP contribution in [0, 0.1) is 5.92 Å². The Bertz CT molecular complexity index is 301. The molecule has 2 N–H and O–H groups in total. The van der Waals surface area contributed by atoms with Crippen LogP contribution in [0.5, 0.6) is 0 Å². The Morgan fingerprint density at radius 3 is 2.73 bits per heavy atom. The van der Waals surface area contributed by atoms with Crippen molar-refractivity contribution < 1.29 is 14.3 Å². The van der Waals surface area contributed by atoms with Gasteiger partial charge in [-0.3, -0.25) is 14.6 Å². The van der Waals surface area contributed by atoms with Crippen molar-refractivity contribution in [2.45, 2.75) is 6.92 Å². The third kappa shape index (κ3) is 2.45. The summed E-state index contributed by atoms with van der Waals surface area (Å²) < 4.78 is 4.78. The number of nitrogens with two attached hydrogens (primary N) is 1. The number of primary amides is 1. The summed E-state index contributed by atoms with van der Waals surface area (Å²) in [6.45, 7) is 3.17. The zero-order valence-corrected chi connectivity index (χ0v) is 8.90. The van der Waals surface area contributed by atoms with Gasteiger partial charge < -0.3 is 15.4 Å². The molecule has 0 bridgehead atoms. The Morgan fingerprint density at radius 1 is 1.67 bits per heavy atom. The quantitative estimate of drug-likeness (QED) is 0.479. The van der Waals surface area contributed by atoms with E-state index in [1.165, 1.54) is 0 Å². The highest BCUT2D eigenvalue weighted by atomic mass is 16.5. The van der Waals surface area contributed by atoms with Gasteiger partial charge in [0.1, 0.15) is 5.84 Å². The molecule has 1 amide bonds. The molecule has 0 saturated heterocycles. The number of hydrogen-bond donors (Lipinski definition) is 1. The fourth-order valence-corrected chi connectivity index (χ4v) is 1.44. The zero-order valence-electron chi connectivity index (χ0n) is 8.90.